The summed E-state index contributed by atoms with van der Waals surface area (Å²) in [4.78, 5) is 24.3. The van der Waals surface area contributed by atoms with Gasteiger partial charge in [-0.2, -0.15) is 0 Å². The molecule has 1 N–H and O–H groups in total. The lowest BCUT2D eigenvalue weighted by Crippen LogP contribution is -2.40. The summed E-state index contributed by atoms with van der Waals surface area (Å²) in [6, 6.07) is 5.91. The number of nitrogens with zero attached hydrogens (tertiary/aromatic N) is 1. The lowest BCUT2D eigenvalue weighted by molar-refractivity contribution is -0.141. The second-order valence-corrected chi connectivity index (χ2v) is 5.16. The molecule has 0 fully saturated rings. The van der Waals surface area contributed by atoms with Gasteiger partial charge < -0.3 is 14.7 Å². The van der Waals surface area contributed by atoms with Gasteiger partial charge in [-0.15, -0.1) is 0 Å². The van der Waals surface area contributed by atoms with Crippen molar-refractivity contribution in [1.82, 2.24) is 4.90 Å². The third kappa shape index (κ3) is 4.26. The molecule has 1 unspecified atom stereocenters. The van der Waals surface area contributed by atoms with Crippen LogP contribution in [0.25, 0.3) is 0 Å². The van der Waals surface area contributed by atoms with E-state index in [0.29, 0.717) is 23.8 Å². The molecule has 1 aromatic carbocycles. The first-order valence-electron chi connectivity index (χ1n) is 6.55. The van der Waals surface area contributed by atoms with Crippen molar-refractivity contribution in [3.8, 4) is 5.75 Å². The van der Waals surface area contributed by atoms with Crippen LogP contribution < -0.4 is 4.74 Å². The smallest absolute Gasteiger partial charge is 0.326 e. The first kappa shape index (κ1) is 16.0. The number of benzene rings is 1. The zero-order chi connectivity index (χ0) is 15.3. The number of hydrogen-bond donors (Lipinski definition) is 1. The van der Waals surface area contributed by atoms with E-state index in [4.69, 9.17) is 9.84 Å². The summed E-state index contributed by atoms with van der Waals surface area (Å²) in [5.41, 5.74) is 0.418. The average molecular weight is 279 g/mol. The van der Waals surface area contributed by atoms with Gasteiger partial charge in [0.1, 0.15) is 11.8 Å². The zero-order valence-corrected chi connectivity index (χ0v) is 12.3. The van der Waals surface area contributed by atoms with E-state index in [9.17, 15) is 9.59 Å². The van der Waals surface area contributed by atoms with E-state index in [1.54, 1.807) is 24.3 Å². The van der Waals surface area contributed by atoms with Crippen molar-refractivity contribution in [1.29, 1.82) is 0 Å². The molecule has 0 aromatic heterocycles. The monoisotopic (exact) mass is 279 g/mol. The van der Waals surface area contributed by atoms with Crippen molar-refractivity contribution >= 4 is 11.9 Å². The molecule has 20 heavy (non-hydrogen) atoms. The number of carboxylic acid groups (broad SMARTS) is 1. The lowest BCUT2D eigenvalue weighted by atomic mass is 10.1. The van der Waals surface area contributed by atoms with Crippen molar-refractivity contribution in [2.45, 2.75) is 26.8 Å². The highest BCUT2D eigenvalue weighted by atomic mass is 16.5. The van der Waals surface area contributed by atoms with Crippen molar-refractivity contribution in [2.24, 2.45) is 5.92 Å². The molecule has 0 saturated carbocycles. The summed E-state index contributed by atoms with van der Waals surface area (Å²) in [5, 5.41) is 8.93. The van der Waals surface area contributed by atoms with Crippen LogP contribution in [0.15, 0.2) is 24.3 Å². The Labute approximate surface area is 119 Å². The standard InChI is InChI=1S/C15H21NO4/c1-10(2)9-20-13-7-5-6-12(8-13)14(17)16(4)11(3)15(18)19/h5-8,10-11H,9H2,1-4H3,(H,18,19). The van der Waals surface area contributed by atoms with Crippen LogP contribution in [0.5, 0.6) is 5.75 Å². The average Bonchev–Trinajstić information content (AvgIpc) is 2.42. The molecule has 1 atom stereocenters. The fourth-order valence-electron chi connectivity index (χ4n) is 1.53. The van der Waals surface area contributed by atoms with E-state index < -0.39 is 12.0 Å². The van der Waals surface area contributed by atoms with Gasteiger partial charge in [0.25, 0.3) is 5.91 Å². The maximum Gasteiger partial charge on any atom is 0.326 e. The molecular formula is C15H21NO4. The molecule has 0 aliphatic heterocycles. The van der Waals surface area contributed by atoms with Gasteiger partial charge in [0.15, 0.2) is 0 Å². The minimum Gasteiger partial charge on any atom is -0.493 e. The number of amides is 1. The highest BCUT2D eigenvalue weighted by Crippen LogP contribution is 2.16. The van der Waals surface area contributed by atoms with Crippen LogP contribution in [0.2, 0.25) is 0 Å². The number of rotatable bonds is 6. The number of carboxylic acids is 1. The quantitative estimate of drug-likeness (QED) is 0.867. The van der Waals surface area contributed by atoms with Crippen LogP contribution in [-0.2, 0) is 4.79 Å². The van der Waals surface area contributed by atoms with E-state index in [1.165, 1.54) is 18.9 Å². The van der Waals surface area contributed by atoms with E-state index >= 15 is 0 Å². The highest BCUT2D eigenvalue weighted by Gasteiger charge is 2.22. The van der Waals surface area contributed by atoms with Gasteiger partial charge in [-0.25, -0.2) is 4.79 Å². The minimum absolute atomic E-state index is 0.338. The van der Waals surface area contributed by atoms with E-state index in [1.807, 2.05) is 13.8 Å². The topological polar surface area (TPSA) is 66.8 Å². The number of aliphatic carboxylic acids is 1. The maximum atomic E-state index is 12.2. The highest BCUT2D eigenvalue weighted by molar-refractivity contribution is 5.96. The van der Waals surface area contributed by atoms with Gasteiger partial charge in [0.2, 0.25) is 0 Å². The fraction of sp³-hybridized carbons (Fsp3) is 0.467. The number of carbonyl (C=O) groups is 2. The molecule has 0 aliphatic rings. The van der Waals surface area contributed by atoms with Crippen molar-refractivity contribution in [3.05, 3.63) is 29.8 Å². The molecule has 1 amide bonds. The number of ether oxygens (including phenoxy) is 1. The van der Waals surface area contributed by atoms with Gasteiger partial charge in [-0.3, -0.25) is 4.79 Å². The minimum atomic E-state index is -1.03. The summed E-state index contributed by atoms with van der Waals surface area (Å²) in [5.74, 6) is -0.368. The predicted molar refractivity (Wildman–Crippen MR) is 76.0 cm³/mol. The van der Waals surface area contributed by atoms with Gasteiger partial charge >= 0.3 is 5.97 Å². The molecular weight excluding hydrogens is 258 g/mol. The second kappa shape index (κ2) is 6.93. The summed E-state index contributed by atoms with van der Waals surface area (Å²) in [7, 11) is 1.47. The Kier molecular flexibility index (Phi) is 5.55. The Morgan fingerprint density at radius 3 is 2.50 bits per heavy atom. The Morgan fingerprint density at radius 2 is 1.95 bits per heavy atom. The summed E-state index contributed by atoms with van der Waals surface area (Å²) in [6.07, 6.45) is 0. The zero-order valence-electron chi connectivity index (χ0n) is 12.3. The summed E-state index contributed by atoms with van der Waals surface area (Å²) in [6.45, 7) is 6.12. The van der Waals surface area contributed by atoms with E-state index in [0.717, 1.165) is 0 Å². The molecule has 0 saturated heterocycles. The lowest BCUT2D eigenvalue weighted by Gasteiger charge is -2.21. The number of likely N-dealkylation sites (N-methyl/N-ethyl adjacent to an activating group) is 1. The van der Waals surface area contributed by atoms with Gasteiger partial charge in [0, 0.05) is 12.6 Å². The SMILES string of the molecule is CC(C)COc1cccc(C(=O)N(C)C(C)C(=O)O)c1. The molecule has 1 rings (SSSR count). The van der Waals surface area contributed by atoms with E-state index in [2.05, 4.69) is 0 Å². The van der Waals surface area contributed by atoms with Crippen LogP contribution in [0.1, 0.15) is 31.1 Å². The van der Waals surface area contributed by atoms with Crippen LogP contribution in [0.3, 0.4) is 0 Å². The molecule has 0 bridgehead atoms. The van der Waals surface area contributed by atoms with Crippen LogP contribution in [0.4, 0.5) is 0 Å². The van der Waals surface area contributed by atoms with Crippen molar-refractivity contribution in [2.75, 3.05) is 13.7 Å². The molecule has 1 aromatic rings. The van der Waals surface area contributed by atoms with Crippen molar-refractivity contribution in [3.63, 3.8) is 0 Å². The molecule has 5 heteroatoms. The van der Waals surface area contributed by atoms with Crippen molar-refractivity contribution < 1.29 is 19.4 Å². The number of hydrogen-bond acceptors (Lipinski definition) is 3. The van der Waals surface area contributed by atoms with Gasteiger partial charge in [0.05, 0.1) is 6.61 Å². The predicted octanol–water partition coefficient (Wildman–Crippen LogP) is 2.27. The normalized spacial score (nSPS) is 12.1. The Balaban J connectivity index is 2.83. The first-order chi connectivity index (χ1) is 9.32. The third-order valence-corrected chi connectivity index (χ3v) is 2.92. The largest absolute Gasteiger partial charge is 0.493 e. The molecule has 0 heterocycles. The summed E-state index contributed by atoms with van der Waals surface area (Å²) >= 11 is 0. The molecule has 5 nitrogen and oxygen atoms in total. The Morgan fingerprint density at radius 1 is 1.30 bits per heavy atom. The molecule has 110 valence electrons. The summed E-state index contributed by atoms with van der Waals surface area (Å²) < 4.78 is 5.56. The van der Waals surface area contributed by atoms with Crippen LogP contribution in [-0.4, -0.2) is 41.6 Å². The Hall–Kier alpha value is -2.04. The van der Waals surface area contributed by atoms with Gasteiger partial charge in [-0.1, -0.05) is 19.9 Å². The van der Waals surface area contributed by atoms with Crippen LogP contribution >= 0.6 is 0 Å². The van der Waals surface area contributed by atoms with Gasteiger partial charge in [-0.05, 0) is 31.0 Å². The Bertz CT molecular complexity index is 485. The third-order valence-electron chi connectivity index (χ3n) is 2.92. The first-order valence-corrected chi connectivity index (χ1v) is 6.55. The molecule has 0 spiro atoms. The molecule has 0 aliphatic carbocycles. The van der Waals surface area contributed by atoms with Crippen LogP contribution in [0, 0.1) is 5.92 Å². The maximum absolute atomic E-state index is 12.2. The molecule has 0 radical (unpaired) electrons. The van der Waals surface area contributed by atoms with E-state index in [-0.39, 0.29) is 5.91 Å². The fourth-order valence-corrected chi connectivity index (χ4v) is 1.53. The number of carbonyl (C=O) groups excluding carboxylic acids is 1. The second-order valence-electron chi connectivity index (χ2n) is 5.16.